The van der Waals surface area contributed by atoms with Gasteiger partial charge in [0.05, 0.1) is 44.1 Å². The summed E-state index contributed by atoms with van der Waals surface area (Å²) in [6, 6.07) is 0. The van der Waals surface area contributed by atoms with Gasteiger partial charge in [-0.25, -0.2) is 0 Å². The minimum atomic E-state index is -1.85. The number of hydrogen-bond acceptors (Lipinski definition) is 26. The first kappa shape index (κ1) is 66.2. The number of carbonyl (C=O) groups excluding carboxylic acids is 1. The first-order chi connectivity index (χ1) is 39.8. The molecule has 9 fully saturated rings. The summed E-state index contributed by atoms with van der Waals surface area (Å²) in [6.45, 7) is 15.0. The molecule has 10 aliphatic rings. The molecule has 15 N–H and O–H groups in total. The lowest BCUT2D eigenvalue weighted by Crippen LogP contribution is -2.66. The first-order valence-corrected chi connectivity index (χ1v) is 30.6. The highest BCUT2D eigenvalue weighted by Crippen LogP contribution is 2.76. The lowest BCUT2D eigenvalue weighted by molar-refractivity contribution is -0.381. The van der Waals surface area contributed by atoms with Crippen LogP contribution in [0.1, 0.15) is 120 Å². The Morgan fingerprint density at radius 3 is 1.74 bits per heavy atom. The van der Waals surface area contributed by atoms with Gasteiger partial charge in [-0.3, -0.25) is 4.79 Å². The Hall–Kier alpha value is -1.75. The molecule has 32 atom stereocenters. The highest BCUT2D eigenvalue weighted by Gasteiger charge is 2.70. The van der Waals surface area contributed by atoms with Gasteiger partial charge >= 0.3 is 5.97 Å². The molecule has 5 saturated heterocycles. The quantitative estimate of drug-likeness (QED) is 0.0513. The van der Waals surface area contributed by atoms with Crippen molar-refractivity contribution in [2.45, 2.75) is 273 Å². The van der Waals surface area contributed by atoms with Crippen LogP contribution >= 0.6 is 0 Å². The van der Waals surface area contributed by atoms with E-state index in [1.54, 1.807) is 0 Å². The second-order valence-electron chi connectivity index (χ2n) is 28.7. The number of carbonyl (C=O) groups is 1. The van der Waals surface area contributed by atoms with Crippen molar-refractivity contribution in [3.8, 4) is 0 Å². The van der Waals surface area contributed by atoms with Gasteiger partial charge < -0.3 is 124 Å². The molecule has 0 amide bonds. The Balaban J connectivity index is 0.863. The summed E-state index contributed by atoms with van der Waals surface area (Å²) in [5.41, 5.74) is -1.38. The zero-order chi connectivity index (χ0) is 62.0. The number of fused-ring (bicyclic) bond motifs is 7. The number of allylic oxidation sites excluding steroid dienone is 2. The van der Waals surface area contributed by atoms with Gasteiger partial charge in [0.15, 0.2) is 25.2 Å². The molecule has 26 heteroatoms. The van der Waals surface area contributed by atoms with Gasteiger partial charge in [-0.15, -0.1) is 0 Å². The normalized spacial score (nSPS) is 54.1. The first-order valence-electron chi connectivity index (χ1n) is 30.6. The number of aliphatic hydroxyl groups excluding tert-OH is 15. The molecule has 26 nitrogen and oxygen atoms in total. The maximum Gasteiger partial charge on any atom is 0.315 e. The summed E-state index contributed by atoms with van der Waals surface area (Å²) >= 11 is 0. The highest BCUT2D eigenvalue weighted by molar-refractivity contribution is 5.79. The molecule has 0 unspecified atom stereocenters. The Morgan fingerprint density at radius 1 is 0.553 bits per heavy atom. The maximum absolute atomic E-state index is 15.2. The maximum atomic E-state index is 15.2. The summed E-state index contributed by atoms with van der Waals surface area (Å²) in [7, 11) is 0. The number of aliphatic hydroxyl groups is 15. The van der Waals surface area contributed by atoms with E-state index in [-0.39, 0.29) is 46.0 Å². The highest BCUT2D eigenvalue weighted by atomic mass is 16.8. The van der Waals surface area contributed by atoms with E-state index >= 15 is 4.79 Å². The minimum absolute atomic E-state index is 0.0898. The number of rotatable bonds is 13. The summed E-state index contributed by atoms with van der Waals surface area (Å²) in [4.78, 5) is 15.2. The molecular weight excluding hydrogens is 1120 g/mol. The van der Waals surface area contributed by atoms with Crippen LogP contribution in [0.25, 0.3) is 0 Å². The SMILES string of the molecule is C[C@@H]1O[C@@H](O[C@H]2CO[C@@H](O[C@H]3CC[C@]4(C)[C@H]5CC=C6[C@@H]7CC(C)(C)CC[C@]7(C(=O)O[C@@H]7O[C@H](CO[C@@H]8O[C@H](CO)[C@H](O)[C@H](O)[C@H]8O)[C@@H](O)[C@H](O)[C@H]7O)CC[C@@]6(C)[C@]5(C)CC[C@H]4C3(C)C)[C@H](O[C@@H]3O[C@H](CO)[C@H](O)[C@H](O)[C@H]3O)[C@H]2O)[C@H](O)[C@H](O)[C@H]1O. The second-order valence-corrected chi connectivity index (χ2v) is 28.7. The van der Waals surface area contributed by atoms with Gasteiger partial charge in [-0.05, 0) is 116 Å². The van der Waals surface area contributed by atoms with Crippen LogP contribution in [0.15, 0.2) is 11.6 Å². The van der Waals surface area contributed by atoms with Crippen molar-refractivity contribution in [2.24, 2.45) is 50.2 Å². The second kappa shape index (κ2) is 24.4. The van der Waals surface area contributed by atoms with Crippen LogP contribution in [0.4, 0.5) is 0 Å². The van der Waals surface area contributed by atoms with E-state index in [2.05, 4.69) is 54.5 Å². The van der Waals surface area contributed by atoms with Gasteiger partial charge in [-0.1, -0.05) is 60.1 Å². The molecule has 5 aliphatic heterocycles. The van der Waals surface area contributed by atoms with Crippen LogP contribution in [0, 0.1) is 50.2 Å². The summed E-state index contributed by atoms with van der Waals surface area (Å²) in [5.74, 6) is -0.583. The summed E-state index contributed by atoms with van der Waals surface area (Å²) in [5, 5.41) is 160. The van der Waals surface area contributed by atoms with Crippen molar-refractivity contribution in [1.82, 2.24) is 0 Å². The van der Waals surface area contributed by atoms with E-state index < -0.39 is 190 Å². The van der Waals surface area contributed by atoms with Crippen LogP contribution < -0.4 is 0 Å². The largest absolute Gasteiger partial charge is 0.432 e. The van der Waals surface area contributed by atoms with E-state index in [0.717, 1.165) is 25.7 Å². The molecule has 85 heavy (non-hydrogen) atoms. The van der Waals surface area contributed by atoms with Gasteiger partial charge in [0.2, 0.25) is 6.29 Å². The van der Waals surface area contributed by atoms with E-state index in [0.29, 0.717) is 38.5 Å². The predicted octanol–water partition coefficient (Wildman–Crippen LogP) is -2.54. The van der Waals surface area contributed by atoms with Gasteiger partial charge in [0.1, 0.15) is 110 Å². The van der Waals surface area contributed by atoms with E-state index in [1.165, 1.54) is 12.5 Å². The minimum Gasteiger partial charge on any atom is -0.432 e. The van der Waals surface area contributed by atoms with Crippen molar-refractivity contribution < 1.29 is 129 Å². The van der Waals surface area contributed by atoms with Crippen LogP contribution in [0.3, 0.4) is 0 Å². The van der Waals surface area contributed by atoms with Crippen molar-refractivity contribution >= 4 is 5.97 Å². The molecule has 488 valence electrons. The van der Waals surface area contributed by atoms with Crippen molar-refractivity contribution in [1.29, 1.82) is 0 Å². The molecule has 5 aliphatic carbocycles. The molecule has 10 rings (SSSR count). The monoisotopic (exact) mass is 1220 g/mol. The standard InChI is InChI=1S/C59H96O26/c1-24-34(62)39(67)44(72)49(78-24)82-30-23-77-52(47(38(30)66)84-50-45(73)41(69)36(64)28(21-61)80-50)83-33-12-13-56(6)31(55(33,4)5)11-14-58(8)32(56)10-9-25-26-19-54(2,3)15-17-59(26,18-16-57(25,58)7)53(75)85-51-46(74)42(70)37(65)29(81-51)22-76-48-43(71)40(68)35(63)27(20-60)79-48/h9,24,26-52,60-74H,10-23H2,1-8H3/t24-,26-,27+,28+,29+,30-,31-,32+,33-,34-,35-,36-,37+,38-,39+,40-,41-,42-,43+,44+,45+,46+,47+,48+,49-,50-,51-,52-,56-,57+,58+,59-/m0/s1. The third-order valence-corrected chi connectivity index (χ3v) is 23.1. The molecule has 5 heterocycles. The smallest absolute Gasteiger partial charge is 0.315 e. The third kappa shape index (κ3) is 11.2. The zero-order valence-corrected chi connectivity index (χ0v) is 49.8. The number of hydrogen-bond donors (Lipinski definition) is 15. The van der Waals surface area contributed by atoms with Crippen LogP contribution in [-0.2, 0) is 52.2 Å². The topological polar surface area (TPSA) is 413 Å². The summed E-state index contributed by atoms with van der Waals surface area (Å²) < 4.78 is 60.2. The fourth-order valence-corrected chi connectivity index (χ4v) is 17.5. The van der Waals surface area contributed by atoms with E-state index in [4.69, 9.17) is 47.4 Å². The third-order valence-electron chi connectivity index (χ3n) is 23.1. The van der Waals surface area contributed by atoms with Crippen molar-refractivity contribution in [3.05, 3.63) is 11.6 Å². The van der Waals surface area contributed by atoms with Crippen LogP contribution in [-0.4, -0.2) is 263 Å². The van der Waals surface area contributed by atoms with Gasteiger partial charge in [0, 0.05) is 0 Å². The average molecular weight is 1220 g/mol. The molecule has 0 bridgehead atoms. The molecule has 4 saturated carbocycles. The molecular formula is C59H96O26. The molecule has 0 radical (unpaired) electrons. The molecule has 0 aromatic carbocycles. The van der Waals surface area contributed by atoms with Crippen LogP contribution in [0.2, 0.25) is 0 Å². The lowest BCUT2D eigenvalue weighted by Gasteiger charge is -2.71. The Kier molecular flexibility index (Phi) is 19.0. The zero-order valence-electron chi connectivity index (χ0n) is 49.8. The predicted molar refractivity (Wildman–Crippen MR) is 288 cm³/mol. The van der Waals surface area contributed by atoms with Gasteiger partial charge in [0.25, 0.3) is 0 Å². The van der Waals surface area contributed by atoms with Gasteiger partial charge in [-0.2, -0.15) is 0 Å². The fraction of sp³-hybridized carbons (Fsp3) is 0.949. The van der Waals surface area contributed by atoms with Crippen molar-refractivity contribution in [2.75, 3.05) is 26.4 Å². The van der Waals surface area contributed by atoms with E-state index in [1.807, 2.05) is 0 Å². The Bertz CT molecular complexity index is 2360. The number of ether oxygens (including phenoxy) is 10. The van der Waals surface area contributed by atoms with Crippen LogP contribution in [0.5, 0.6) is 0 Å². The molecule has 0 aromatic heterocycles. The molecule has 0 aromatic rings. The molecule has 0 spiro atoms. The average Bonchev–Trinajstić information content (AvgIpc) is 0.700. The van der Waals surface area contributed by atoms with E-state index in [9.17, 15) is 76.6 Å². The fourth-order valence-electron chi connectivity index (χ4n) is 17.5. The Labute approximate surface area is 494 Å². The summed E-state index contributed by atoms with van der Waals surface area (Å²) in [6.07, 6.45) is -29.6. The Morgan fingerprint density at radius 2 is 1.11 bits per heavy atom. The van der Waals surface area contributed by atoms with Crippen molar-refractivity contribution in [3.63, 3.8) is 0 Å². The number of esters is 1. The lowest BCUT2D eigenvalue weighted by atomic mass is 9.33.